The van der Waals surface area contributed by atoms with Gasteiger partial charge in [0.15, 0.2) is 9.84 Å². The minimum Gasteiger partial charge on any atom is -0.508 e. The molecule has 5 aliphatic heterocycles. The summed E-state index contributed by atoms with van der Waals surface area (Å²) >= 11 is 16.2. The number of benzene rings is 8. The number of pyridine rings is 2. The van der Waals surface area contributed by atoms with Gasteiger partial charge >= 0.3 is 0 Å². The molecule has 8 aromatic carbocycles. The topological polar surface area (TPSA) is 147 Å². The molecule has 484 valence electrons. The Bertz CT molecular complexity index is 4390. The van der Waals surface area contributed by atoms with Crippen LogP contribution in [-0.4, -0.2) is 34.9 Å². The number of phenolic OH excluding ortho intramolecular Hbond substituents is 2. The Morgan fingerprint density at radius 1 is 0.457 bits per heavy atom. The molecule has 15 rings (SSSR count). The molecule has 0 aliphatic carbocycles. The van der Waals surface area contributed by atoms with Gasteiger partial charge in [-0.2, -0.15) is 0 Å². The van der Waals surface area contributed by atoms with Crippen LogP contribution in [0, 0.1) is 26.6 Å². The average molecular weight is 1490 g/mol. The molecule has 5 unspecified atom stereocenters. The van der Waals surface area contributed by atoms with Crippen molar-refractivity contribution in [3.63, 3.8) is 0 Å². The van der Waals surface area contributed by atoms with Crippen LogP contribution in [0.4, 0.5) is 4.39 Å². The number of hydrogen-bond donors (Lipinski definition) is 2. The number of phenols is 2. The van der Waals surface area contributed by atoms with Crippen LogP contribution >= 0.6 is 59.4 Å². The molecule has 10 aromatic rings. The predicted octanol–water partition coefficient (Wildman–Crippen LogP) is 20.4. The summed E-state index contributed by atoms with van der Waals surface area (Å²) in [6.07, 6.45) is 16.2. The summed E-state index contributed by atoms with van der Waals surface area (Å²) in [7, 11) is -3.15. The van der Waals surface area contributed by atoms with Crippen LogP contribution in [0.5, 0.6) is 40.2 Å². The van der Waals surface area contributed by atoms with Crippen LogP contribution in [0.15, 0.2) is 213 Å². The molecule has 2 N–H and O–H groups in total. The highest BCUT2D eigenvalue weighted by molar-refractivity contribution is 9.11. The standard InChI is InChI=1S/C17H17BrO.C16H14BrFO.C16H15BrO3S.C14H12ClNO2.C14H13NO2/c1-11-4-3-5-12(2)17(11)16-8-6-13-10-14(18)7-9-15(13)19-16;1-10-2-5-13(18)9-14(10)16-6-3-11-8-12(17)4-7-15(11)19-16;1-21(18,19)14-6-2-11(3-7-14)15-8-4-12-10-13(17)5-9-16(12)20-15;15-14-6-2-10(8-16-14)13-4-1-9-7-11(17)3-5-12(9)18-13;16-12-4-6-13-10(8-12)3-5-14(17-13)11-2-1-7-15-9-11/h3-5,7,9-10,16H,6,8H2,1-2H3;2,4-5,7-9,16H,3,6H2,1H3;2-3,5-7,9-10,15H,4,8H2,1H3;2-3,5-8,13,17H,1,4H2;1-2,4,6-9,14,16H,3,5H2. The molecule has 2 aromatic heterocycles. The number of ether oxygens (including phenoxy) is 5. The zero-order valence-electron chi connectivity index (χ0n) is 52.4. The van der Waals surface area contributed by atoms with E-state index in [2.05, 4.69) is 114 Å². The number of fused-ring (bicyclic) bond motifs is 5. The van der Waals surface area contributed by atoms with Crippen molar-refractivity contribution in [3.05, 3.63) is 291 Å². The third-order valence-corrected chi connectivity index (χ3v) is 20.0. The number of aryl methyl sites for hydroxylation is 8. The summed E-state index contributed by atoms with van der Waals surface area (Å²) < 4.78 is 69.7. The van der Waals surface area contributed by atoms with Crippen LogP contribution < -0.4 is 23.7 Å². The average Bonchev–Trinajstić information content (AvgIpc) is 1.17. The Kier molecular flexibility index (Phi) is 22.2. The number of hydrogen-bond acceptors (Lipinski definition) is 11. The zero-order valence-corrected chi connectivity index (χ0v) is 58.7. The summed E-state index contributed by atoms with van der Waals surface area (Å²) in [5.41, 5.74) is 15.0. The van der Waals surface area contributed by atoms with Gasteiger partial charge in [-0.3, -0.25) is 4.98 Å². The molecule has 7 heterocycles. The summed E-state index contributed by atoms with van der Waals surface area (Å²) in [6, 6.07) is 54.8. The minimum absolute atomic E-state index is 0.00631. The third-order valence-electron chi connectivity index (χ3n) is 17.2. The molecule has 0 amide bonds. The van der Waals surface area contributed by atoms with Gasteiger partial charge in [-0.25, -0.2) is 17.8 Å². The number of aromatic hydroxyl groups is 2. The predicted molar refractivity (Wildman–Crippen MR) is 377 cm³/mol. The quantitative estimate of drug-likeness (QED) is 0.153. The number of aromatic nitrogens is 2. The minimum atomic E-state index is -3.15. The maximum absolute atomic E-state index is 13.4. The first kappa shape index (κ1) is 67.7. The van der Waals surface area contributed by atoms with Crippen molar-refractivity contribution in [1.29, 1.82) is 0 Å². The van der Waals surface area contributed by atoms with E-state index < -0.39 is 9.84 Å². The van der Waals surface area contributed by atoms with Gasteiger partial charge in [-0.05, 0) is 274 Å². The normalized spacial score (nSPS) is 17.9. The molecule has 5 aliphatic rings. The van der Waals surface area contributed by atoms with Gasteiger partial charge in [-0.1, -0.05) is 108 Å². The Morgan fingerprint density at radius 2 is 0.883 bits per heavy atom. The Balaban J connectivity index is 0.000000120. The molecule has 11 nitrogen and oxygen atoms in total. The van der Waals surface area contributed by atoms with Gasteiger partial charge < -0.3 is 33.9 Å². The van der Waals surface area contributed by atoms with E-state index in [1.165, 1.54) is 45.7 Å². The van der Waals surface area contributed by atoms with Crippen LogP contribution in [-0.2, 0) is 41.9 Å². The first-order chi connectivity index (χ1) is 45.3. The first-order valence-corrected chi connectivity index (χ1v) is 35.9. The smallest absolute Gasteiger partial charge is 0.175 e. The molecule has 0 fully saturated rings. The van der Waals surface area contributed by atoms with Crippen molar-refractivity contribution >= 4 is 69.2 Å². The van der Waals surface area contributed by atoms with E-state index in [9.17, 15) is 23.0 Å². The maximum Gasteiger partial charge on any atom is 0.175 e. The number of sulfone groups is 1. The van der Waals surface area contributed by atoms with Crippen LogP contribution in [0.2, 0.25) is 5.15 Å². The fourth-order valence-electron chi connectivity index (χ4n) is 12.3. The molecule has 5 atom stereocenters. The number of nitrogens with zero attached hydrogens (tertiary/aromatic N) is 2. The van der Waals surface area contributed by atoms with Crippen molar-refractivity contribution in [2.24, 2.45) is 0 Å². The monoisotopic (exact) mass is 1490 g/mol. The zero-order chi connectivity index (χ0) is 66.0. The van der Waals surface area contributed by atoms with E-state index in [-0.39, 0.29) is 42.1 Å². The molecule has 0 bridgehead atoms. The van der Waals surface area contributed by atoms with E-state index in [1.807, 2.05) is 85.9 Å². The summed E-state index contributed by atoms with van der Waals surface area (Å²) in [5, 5.41) is 19.3. The number of rotatable bonds is 6. The highest BCUT2D eigenvalue weighted by Gasteiger charge is 2.28. The highest BCUT2D eigenvalue weighted by atomic mass is 79.9. The summed E-state index contributed by atoms with van der Waals surface area (Å²) in [4.78, 5) is 8.52. The van der Waals surface area contributed by atoms with E-state index in [1.54, 1.807) is 67.0 Å². The molecular formula is C77H71Br3ClFN2O9S. The molecular weight excluding hydrogens is 1420 g/mol. The van der Waals surface area contributed by atoms with Gasteiger partial charge in [0, 0.05) is 49.4 Å². The second kappa shape index (κ2) is 30.8. The van der Waals surface area contributed by atoms with Crippen molar-refractivity contribution in [1.82, 2.24) is 9.97 Å². The summed E-state index contributed by atoms with van der Waals surface area (Å²) in [5.74, 6) is 4.91. The van der Waals surface area contributed by atoms with Crippen LogP contribution in [0.3, 0.4) is 0 Å². The molecule has 0 saturated carbocycles. The highest BCUT2D eigenvalue weighted by Crippen LogP contribution is 2.42. The fourth-order valence-corrected chi connectivity index (χ4v) is 14.3. The summed E-state index contributed by atoms with van der Waals surface area (Å²) in [6.45, 7) is 6.33. The molecule has 94 heavy (non-hydrogen) atoms. The van der Waals surface area contributed by atoms with Gasteiger partial charge in [-0.15, -0.1) is 0 Å². The lowest BCUT2D eigenvalue weighted by atomic mass is 9.92. The number of halogens is 5. The van der Waals surface area contributed by atoms with E-state index in [0.29, 0.717) is 15.8 Å². The first-order valence-electron chi connectivity index (χ1n) is 31.2. The van der Waals surface area contributed by atoms with Crippen LogP contribution in [0.25, 0.3) is 0 Å². The van der Waals surface area contributed by atoms with Gasteiger partial charge in [0.25, 0.3) is 0 Å². The molecule has 0 spiro atoms. The molecule has 0 saturated heterocycles. The molecule has 17 heteroatoms. The van der Waals surface area contributed by atoms with Gasteiger partial charge in [0.05, 0.1) is 4.90 Å². The van der Waals surface area contributed by atoms with Crippen molar-refractivity contribution in [2.45, 2.75) is 120 Å². The SMILES string of the molecule is CS(=O)(=O)c1ccc(C2CCc3cc(Br)ccc3O2)cc1.Cc1ccc(F)cc1C1CCc2cc(Br)ccc2O1.Cc1cccc(C)c1C1CCc2cc(Br)ccc2O1.Oc1ccc2c(c1)CCC(c1ccc(Cl)nc1)O2.Oc1ccc2c(c1)CCC(c1cccnc1)O2. The van der Waals surface area contributed by atoms with Crippen molar-refractivity contribution < 1.29 is 46.7 Å². The lowest BCUT2D eigenvalue weighted by Gasteiger charge is -2.28. The van der Waals surface area contributed by atoms with Crippen molar-refractivity contribution in [3.8, 4) is 40.2 Å². The lowest BCUT2D eigenvalue weighted by Crippen LogP contribution is -2.17. The Labute approximate surface area is 579 Å². The van der Waals surface area contributed by atoms with E-state index in [0.717, 1.165) is 145 Å². The van der Waals surface area contributed by atoms with Crippen molar-refractivity contribution in [2.75, 3.05) is 6.26 Å². The fraction of sp³-hybridized carbons (Fsp3) is 0.247. The second-order valence-electron chi connectivity index (χ2n) is 23.9. The Hall–Kier alpha value is -7.73. The van der Waals surface area contributed by atoms with E-state index in [4.69, 9.17) is 35.3 Å². The second-order valence-corrected chi connectivity index (χ2v) is 29.1. The largest absolute Gasteiger partial charge is 0.508 e. The van der Waals surface area contributed by atoms with Gasteiger partial charge in [0.1, 0.15) is 81.7 Å². The third kappa shape index (κ3) is 17.4. The lowest BCUT2D eigenvalue weighted by molar-refractivity contribution is 0.175. The molecule has 0 radical (unpaired) electrons. The van der Waals surface area contributed by atoms with Crippen LogP contribution in [0.1, 0.15) is 135 Å². The maximum atomic E-state index is 13.4. The Morgan fingerprint density at radius 3 is 1.35 bits per heavy atom. The van der Waals surface area contributed by atoms with E-state index >= 15 is 0 Å². The van der Waals surface area contributed by atoms with Gasteiger partial charge in [0.2, 0.25) is 0 Å².